The van der Waals surface area contributed by atoms with Crippen molar-refractivity contribution in [3.63, 3.8) is 0 Å². The Hall–Kier alpha value is -2.15. The number of anilines is 1. The molecule has 0 fully saturated rings. The third-order valence-corrected chi connectivity index (χ3v) is 4.21. The first-order chi connectivity index (χ1) is 10.7. The van der Waals surface area contributed by atoms with Crippen LogP contribution in [0.4, 0.5) is 5.69 Å². The zero-order chi connectivity index (χ0) is 15.5. The summed E-state index contributed by atoms with van der Waals surface area (Å²) in [6, 6.07) is 15.0. The average molecular weight is 404 g/mol. The van der Waals surface area contributed by atoms with Gasteiger partial charge in [0.2, 0.25) is 0 Å². The standard InChI is InChI=1S/C17H13IN2O2/c1-22-13-7-6-11-8-12(10-19-16(11)9-13)20-17(21)14-4-2-3-5-15(14)18/h2-10H,1H3,(H,20,21). The van der Waals surface area contributed by atoms with Gasteiger partial charge in [0.15, 0.2) is 0 Å². The van der Waals surface area contributed by atoms with Crippen molar-refractivity contribution in [2.24, 2.45) is 0 Å². The number of hydrogen-bond acceptors (Lipinski definition) is 3. The second-order valence-electron chi connectivity index (χ2n) is 4.72. The van der Waals surface area contributed by atoms with Gasteiger partial charge in [-0.1, -0.05) is 12.1 Å². The van der Waals surface area contributed by atoms with E-state index in [1.807, 2.05) is 42.5 Å². The highest BCUT2D eigenvalue weighted by atomic mass is 127. The predicted octanol–water partition coefficient (Wildman–Crippen LogP) is 4.10. The summed E-state index contributed by atoms with van der Waals surface area (Å²) in [4.78, 5) is 16.7. The molecule has 3 rings (SSSR count). The highest BCUT2D eigenvalue weighted by Gasteiger charge is 2.10. The Bertz CT molecular complexity index is 849. The third-order valence-electron chi connectivity index (χ3n) is 3.27. The van der Waals surface area contributed by atoms with E-state index in [2.05, 4.69) is 32.9 Å². The van der Waals surface area contributed by atoms with Crippen LogP contribution < -0.4 is 10.1 Å². The van der Waals surface area contributed by atoms with Crippen LogP contribution in [0.3, 0.4) is 0 Å². The van der Waals surface area contributed by atoms with Gasteiger partial charge in [-0.3, -0.25) is 9.78 Å². The minimum atomic E-state index is -0.139. The minimum Gasteiger partial charge on any atom is -0.497 e. The Balaban J connectivity index is 1.88. The Kier molecular flexibility index (Phi) is 4.24. The van der Waals surface area contributed by atoms with Gasteiger partial charge < -0.3 is 10.1 Å². The summed E-state index contributed by atoms with van der Waals surface area (Å²) in [6.45, 7) is 0. The summed E-state index contributed by atoms with van der Waals surface area (Å²) in [5, 5.41) is 3.83. The Morgan fingerprint density at radius 3 is 2.77 bits per heavy atom. The molecule has 0 aliphatic heterocycles. The summed E-state index contributed by atoms with van der Waals surface area (Å²) in [5.74, 6) is 0.621. The van der Waals surface area contributed by atoms with E-state index in [-0.39, 0.29) is 5.91 Å². The summed E-state index contributed by atoms with van der Waals surface area (Å²) < 4.78 is 6.09. The molecular weight excluding hydrogens is 391 g/mol. The first kappa shape index (κ1) is 14.8. The van der Waals surface area contributed by atoms with Crippen LogP contribution in [0.2, 0.25) is 0 Å². The molecule has 0 radical (unpaired) electrons. The maximum atomic E-state index is 12.3. The van der Waals surface area contributed by atoms with Crippen LogP contribution in [0.25, 0.3) is 10.9 Å². The lowest BCUT2D eigenvalue weighted by Gasteiger charge is -2.08. The molecule has 110 valence electrons. The van der Waals surface area contributed by atoms with Crippen molar-refractivity contribution >= 4 is 45.1 Å². The number of aromatic nitrogens is 1. The van der Waals surface area contributed by atoms with Crippen LogP contribution in [0.1, 0.15) is 10.4 Å². The number of carbonyl (C=O) groups excluding carboxylic acids is 1. The lowest BCUT2D eigenvalue weighted by Crippen LogP contribution is -2.13. The smallest absolute Gasteiger partial charge is 0.256 e. The van der Waals surface area contributed by atoms with Gasteiger partial charge in [-0.05, 0) is 52.9 Å². The largest absolute Gasteiger partial charge is 0.497 e. The Morgan fingerprint density at radius 2 is 2.00 bits per heavy atom. The van der Waals surface area contributed by atoms with Crippen LogP contribution in [0.15, 0.2) is 54.7 Å². The van der Waals surface area contributed by atoms with Gasteiger partial charge in [0.25, 0.3) is 5.91 Å². The maximum Gasteiger partial charge on any atom is 0.256 e. The van der Waals surface area contributed by atoms with Crippen molar-refractivity contribution in [3.05, 3.63) is 63.9 Å². The van der Waals surface area contributed by atoms with Crippen LogP contribution in [-0.4, -0.2) is 18.0 Å². The van der Waals surface area contributed by atoms with Crippen LogP contribution in [-0.2, 0) is 0 Å². The second-order valence-corrected chi connectivity index (χ2v) is 5.88. The number of halogens is 1. The van der Waals surface area contributed by atoms with E-state index in [1.54, 1.807) is 19.4 Å². The number of amides is 1. The van der Waals surface area contributed by atoms with E-state index < -0.39 is 0 Å². The van der Waals surface area contributed by atoms with E-state index in [0.717, 1.165) is 20.2 Å². The predicted molar refractivity (Wildman–Crippen MR) is 95.4 cm³/mol. The fourth-order valence-electron chi connectivity index (χ4n) is 2.14. The summed E-state index contributed by atoms with van der Waals surface area (Å²) in [5.41, 5.74) is 2.15. The molecule has 22 heavy (non-hydrogen) atoms. The zero-order valence-electron chi connectivity index (χ0n) is 11.8. The van der Waals surface area contributed by atoms with Crippen molar-refractivity contribution in [3.8, 4) is 5.75 Å². The molecule has 1 amide bonds. The monoisotopic (exact) mass is 404 g/mol. The lowest BCUT2D eigenvalue weighted by molar-refractivity contribution is 0.102. The molecule has 0 bridgehead atoms. The summed E-state index contributed by atoms with van der Waals surface area (Å²) in [7, 11) is 1.62. The molecule has 4 nitrogen and oxygen atoms in total. The molecule has 0 saturated heterocycles. The molecule has 2 aromatic carbocycles. The quantitative estimate of drug-likeness (QED) is 0.669. The van der Waals surface area contributed by atoms with Gasteiger partial charge in [0.05, 0.1) is 30.1 Å². The van der Waals surface area contributed by atoms with Crippen molar-refractivity contribution in [2.75, 3.05) is 12.4 Å². The number of nitrogens with one attached hydrogen (secondary N) is 1. The fraction of sp³-hybridized carbons (Fsp3) is 0.0588. The maximum absolute atomic E-state index is 12.3. The van der Waals surface area contributed by atoms with Crippen molar-refractivity contribution in [1.82, 2.24) is 4.98 Å². The van der Waals surface area contributed by atoms with E-state index in [0.29, 0.717) is 11.3 Å². The van der Waals surface area contributed by atoms with Gasteiger partial charge >= 0.3 is 0 Å². The summed E-state index contributed by atoms with van der Waals surface area (Å²) in [6.07, 6.45) is 1.65. The number of methoxy groups -OCH3 is 1. The van der Waals surface area contributed by atoms with Gasteiger partial charge in [-0.2, -0.15) is 0 Å². The molecule has 0 spiro atoms. The number of carbonyl (C=O) groups is 1. The molecule has 0 aliphatic carbocycles. The fourth-order valence-corrected chi connectivity index (χ4v) is 2.77. The number of hydrogen-bond donors (Lipinski definition) is 1. The molecule has 0 atom stereocenters. The Labute approximate surface area is 141 Å². The van der Waals surface area contributed by atoms with E-state index >= 15 is 0 Å². The molecule has 0 aliphatic rings. The molecule has 0 unspecified atom stereocenters. The molecule has 1 N–H and O–H groups in total. The first-order valence-corrected chi connectivity index (χ1v) is 7.75. The number of benzene rings is 2. The number of pyridine rings is 1. The first-order valence-electron chi connectivity index (χ1n) is 6.67. The van der Waals surface area contributed by atoms with E-state index in [4.69, 9.17) is 4.74 Å². The molecular formula is C17H13IN2O2. The number of fused-ring (bicyclic) bond motifs is 1. The molecule has 3 aromatic rings. The molecule has 1 aromatic heterocycles. The highest BCUT2D eigenvalue weighted by molar-refractivity contribution is 14.1. The number of rotatable bonds is 3. The SMILES string of the molecule is COc1ccc2cc(NC(=O)c3ccccc3I)cnc2c1. The topological polar surface area (TPSA) is 51.2 Å². The van der Waals surface area contributed by atoms with Gasteiger partial charge in [0, 0.05) is 15.0 Å². The van der Waals surface area contributed by atoms with Crippen LogP contribution in [0.5, 0.6) is 5.75 Å². The lowest BCUT2D eigenvalue weighted by atomic mass is 10.2. The van der Waals surface area contributed by atoms with E-state index in [1.165, 1.54) is 0 Å². The van der Waals surface area contributed by atoms with Crippen molar-refractivity contribution in [2.45, 2.75) is 0 Å². The van der Waals surface area contributed by atoms with Crippen LogP contribution in [0, 0.1) is 3.57 Å². The summed E-state index contributed by atoms with van der Waals surface area (Å²) >= 11 is 2.15. The van der Waals surface area contributed by atoms with E-state index in [9.17, 15) is 4.79 Å². The second kappa shape index (κ2) is 6.31. The number of ether oxygens (including phenoxy) is 1. The third kappa shape index (κ3) is 3.04. The minimum absolute atomic E-state index is 0.139. The molecule has 5 heteroatoms. The Morgan fingerprint density at radius 1 is 1.18 bits per heavy atom. The normalized spacial score (nSPS) is 10.5. The molecule has 1 heterocycles. The van der Waals surface area contributed by atoms with Gasteiger partial charge in [-0.25, -0.2) is 0 Å². The average Bonchev–Trinajstić information content (AvgIpc) is 2.54. The van der Waals surface area contributed by atoms with Crippen LogP contribution >= 0.6 is 22.6 Å². The number of nitrogens with zero attached hydrogens (tertiary/aromatic N) is 1. The molecule has 0 saturated carbocycles. The zero-order valence-corrected chi connectivity index (χ0v) is 14.0. The van der Waals surface area contributed by atoms with Gasteiger partial charge in [-0.15, -0.1) is 0 Å². The highest BCUT2D eigenvalue weighted by Crippen LogP contribution is 2.22. The van der Waals surface area contributed by atoms with Gasteiger partial charge in [0.1, 0.15) is 5.75 Å². The van der Waals surface area contributed by atoms with Crippen molar-refractivity contribution in [1.29, 1.82) is 0 Å². The van der Waals surface area contributed by atoms with Crippen molar-refractivity contribution < 1.29 is 9.53 Å².